The average molecular weight is 421 g/mol. The van der Waals surface area contributed by atoms with Crippen molar-refractivity contribution >= 4 is 21.6 Å². The molecule has 0 aliphatic heterocycles. The molecule has 0 bridgehead atoms. The maximum Gasteiger partial charge on any atom is 0.243 e. The lowest BCUT2D eigenvalue weighted by Crippen LogP contribution is -2.48. The Morgan fingerprint density at radius 1 is 1.07 bits per heavy atom. The van der Waals surface area contributed by atoms with Crippen LogP contribution in [0, 0.1) is 13.8 Å². The van der Waals surface area contributed by atoms with Gasteiger partial charge in [0.15, 0.2) is 11.5 Å². The number of hydrogen-bond donors (Lipinski definition) is 1. The van der Waals surface area contributed by atoms with E-state index < -0.39 is 22.0 Å². The number of ether oxygens (including phenoxy) is 2. The van der Waals surface area contributed by atoms with E-state index in [2.05, 4.69) is 5.32 Å². The number of carbonyl (C=O) groups excluding carboxylic acids is 1. The molecular formula is C21H28N2O5S. The highest BCUT2D eigenvalue weighted by atomic mass is 32.2. The lowest BCUT2D eigenvalue weighted by Gasteiger charge is -2.29. The number of amides is 1. The van der Waals surface area contributed by atoms with Crippen molar-refractivity contribution in [2.75, 3.05) is 24.8 Å². The van der Waals surface area contributed by atoms with Crippen LogP contribution in [0.15, 0.2) is 36.4 Å². The van der Waals surface area contributed by atoms with Crippen molar-refractivity contribution in [1.82, 2.24) is 5.32 Å². The summed E-state index contributed by atoms with van der Waals surface area (Å²) in [5.74, 6) is 0.751. The van der Waals surface area contributed by atoms with Gasteiger partial charge in [-0.1, -0.05) is 18.2 Å². The smallest absolute Gasteiger partial charge is 0.243 e. The van der Waals surface area contributed by atoms with Crippen LogP contribution in [-0.2, 0) is 21.4 Å². The molecule has 0 unspecified atom stereocenters. The molecule has 1 N–H and O–H groups in total. The first-order valence-electron chi connectivity index (χ1n) is 9.13. The summed E-state index contributed by atoms with van der Waals surface area (Å²) in [5.41, 5.74) is 3.00. The van der Waals surface area contributed by atoms with Gasteiger partial charge in [-0.3, -0.25) is 9.10 Å². The highest BCUT2D eigenvalue weighted by Gasteiger charge is 2.30. The molecule has 158 valence electrons. The zero-order chi connectivity index (χ0) is 21.8. The van der Waals surface area contributed by atoms with Gasteiger partial charge in [-0.25, -0.2) is 8.42 Å². The number of methoxy groups -OCH3 is 2. The lowest BCUT2D eigenvalue weighted by molar-refractivity contribution is -0.122. The predicted octanol–water partition coefficient (Wildman–Crippen LogP) is 2.79. The molecule has 1 atom stereocenters. The molecule has 0 aliphatic rings. The summed E-state index contributed by atoms with van der Waals surface area (Å²) < 4.78 is 36.6. The minimum absolute atomic E-state index is 0.230. The molecule has 8 heteroatoms. The fourth-order valence-electron chi connectivity index (χ4n) is 3.07. The summed E-state index contributed by atoms with van der Waals surface area (Å²) in [6.45, 7) is 5.51. The fourth-order valence-corrected chi connectivity index (χ4v) is 4.29. The van der Waals surface area contributed by atoms with Crippen LogP contribution in [0.2, 0.25) is 0 Å². The molecule has 0 saturated heterocycles. The van der Waals surface area contributed by atoms with E-state index in [4.69, 9.17) is 9.47 Å². The van der Waals surface area contributed by atoms with Crippen molar-refractivity contribution in [3.63, 3.8) is 0 Å². The Morgan fingerprint density at radius 2 is 1.72 bits per heavy atom. The standard InChI is InChI=1S/C21H28N2O5S/c1-14-7-8-15(2)18(11-14)23(29(6,25)26)16(3)21(24)22-13-17-9-10-19(27-4)20(12-17)28-5/h7-12,16H,13H2,1-6H3,(H,22,24)/t16-/m1/s1. The van der Waals surface area contributed by atoms with E-state index in [0.29, 0.717) is 17.2 Å². The number of carbonyl (C=O) groups is 1. The van der Waals surface area contributed by atoms with Gasteiger partial charge < -0.3 is 14.8 Å². The Bertz CT molecular complexity index is 989. The minimum atomic E-state index is -3.67. The maximum absolute atomic E-state index is 12.8. The van der Waals surface area contributed by atoms with E-state index in [0.717, 1.165) is 22.9 Å². The van der Waals surface area contributed by atoms with Crippen LogP contribution >= 0.6 is 0 Å². The molecule has 0 aliphatic carbocycles. The van der Waals surface area contributed by atoms with Crippen LogP contribution in [0.3, 0.4) is 0 Å². The van der Waals surface area contributed by atoms with E-state index in [1.807, 2.05) is 32.0 Å². The normalized spacial score (nSPS) is 12.2. The molecular weight excluding hydrogens is 392 g/mol. The second-order valence-corrected chi connectivity index (χ2v) is 8.79. The predicted molar refractivity (Wildman–Crippen MR) is 114 cm³/mol. The van der Waals surface area contributed by atoms with Gasteiger partial charge in [0.2, 0.25) is 15.9 Å². The first-order valence-corrected chi connectivity index (χ1v) is 11.0. The number of hydrogen-bond acceptors (Lipinski definition) is 5. The number of rotatable bonds is 8. The quantitative estimate of drug-likeness (QED) is 0.710. The summed E-state index contributed by atoms with van der Waals surface area (Å²) in [6, 6.07) is 9.94. The fraction of sp³-hybridized carbons (Fsp3) is 0.381. The second kappa shape index (κ2) is 9.17. The van der Waals surface area contributed by atoms with Crippen LogP contribution in [0.1, 0.15) is 23.6 Å². The number of nitrogens with zero attached hydrogens (tertiary/aromatic N) is 1. The summed E-state index contributed by atoms with van der Waals surface area (Å²) >= 11 is 0. The number of nitrogens with one attached hydrogen (secondary N) is 1. The topological polar surface area (TPSA) is 84.9 Å². The first-order chi connectivity index (χ1) is 13.6. The minimum Gasteiger partial charge on any atom is -0.493 e. The molecule has 0 aromatic heterocycles. The number of sulfonamides is 1. The number of aryl methyl sites for hydroxylation is 2. The molecule has 2 aromatic rings. The number of benzene rings is 2. The first kappa shape index (κ1) is 22.5. The maximum atomic E-state index is 12.8. The zero-order valence-corrected chi connectivity index (χ0v) is 18.5. The Labute approximate surface area is 172 Å². The van der Waals surface area contributed by atoms with Gasteiger partial charge in [0, 0.05) is 6.54 Å². The highest BCUT2D eigenvalue weighted by molar-refractivity contribution is 7.92. The second-order valence-electron chi connectivity index (χ2n) is 6.93. The summed E-state index contributed by atoms with van der Waals surface area (Å²) in [7, 11) is -0.580. The van der Waals surface area contributed by atoms with Crippen LogP contribution in [0.4, 0.5) is 5.69 Å². The Morgan fingerprint density at radius 3 is 2.31 bits per heavy atom. The monoisotopic (exact) mass is 420 g/mol. The zero-order valence-electron chi connectivity index (χ0n) is 17.6. The molecule has 29 heavy (non-hydrogen) atoms. The Kier molecular flexibility index (Phi) is 7.13. The van der Waals surface area contributed by atoms with Gasteiger partial charge in [0.1, 0.15) is 6.04 Å². The molecule has 2 rings (SSSR count). The highest BCUT2D eigenvalue weighted by Crippen LogP contribution is 2.28. The van der Waals surface area contributed by atoms with Crippen LogP contribution in [0.25, 0.3) is 0 Å². The molecule has 0 spiro atoms. The average Bonchev–Trinajstić information content (AvgIpc) is 2.67. The summed E-state index contributed by atoms with van der Waals surface area (Å²) in [5, 5.41) is 2.80. The van der Waals surface area contributed by atoms with Crippen molar-refractivity contribution < 1.29 is 22.7 Å². The molecule has 0 heterocycles. The lowest BCUT2D eigenvalue weighted by atomic mass is 10.1. The van der Waals surface area contributed by atoms with E-state index in [9.17, 15) is 13.2 Å². The molecule has 2 aromatic carbocycles. The van der Waals surface area contributed by atoms with Crippen molar-refractivity contribution in [3.8, 4) is 11.5 Å². The van der Waals surface area contributed by atoms with E-state index >= 15 is 0 Å². The SMILES string of the molecule is COc1ccc(CNC(=O)[C@@H](C)N(c2cc(C)ccc2C)S(C)(=O)=O)cc1OC. The van der Waals surface area contributed by atoms with Crippen molar-refractivity contribution in [1.29, 1.82) is 0 Å². The van der Waals surface area contributed by atoms with Crippen LogP contribution < -0.4 is 19.1 Å². The van der Waals surface area contributed by atoms with E-state index in [1.165, 1.54) is 11.4 Å². The van der Waals surface area contributed by atoms with Gasteiger partial charge in [-0.05, 0) is 55.7 Å². The largest absolute Gasteiger partial charge is 0.493 e. The van der Waals surface area contributed by atoms with Gasteiger partial charge in [-0.2, -0.15) is 0 Å². The molecule has 7 nitrogen and oxygen atoms in total. The molecule has 0 fully saturated rings. The third-order valence-corrected chi connectivity index (χ3v) is 5.83. The molecule has 1 amide bonds. The van der Waals surface area contributed by atoms with Gasteiger partial charge in [0.25, 0.3) is 0 Å². The number of anilines is 1. The van der Waals surface area contributed by atoms with Crippen LogP contribution in [0.5, 0.6) is 11.5 Å². The Hall–Kier alpha value is -2.74. The van der Waals surface area contributed by atoms with Crippen molar-refractivity contribution in [2.24, 2.45) is 0 Å². The third kappa shape index (κ3) is 5.41. The Balaban J connectivity index is 2.23. The van der Waals surface area contributed by atoms with Crippen molar-refractivity contribution in [2.45, 2.75) is 33.4 Å². The van der Waals surface area contributed by atoms with Crippen LogP contribution in [-0.4, -0.2) is 40.8 Å². The van der Waals surface area contributed by atoms with E-state index in [1.54, 1.807) is 32.2 Å². The molecule has 0 radical (unpaired) electrons. The van der Waals surface area contributed by atoms with Gasteiger partial charge in [0.05, 0.1) is 26.2 Å². The van der Waals surface area contributed by atoms with Gasteiger partial charge >= 0.3 is 0 Å². The van der Waals surface area contributed by atoms with Crippen molar-refractivity contribution in [3.05, 3.63) is 53.1 Å². The van der Waals surface area contributed by atoms with Gasteiger partial charge in [-0.15, -0.1) is 0 Å². The summed E-state index contributed by atoms with van der Waals surface area (Å²) in [6.07, 6.45) is 1.10. The van der Waals surface area contributed by atoms with E-state index in [-0.39, 0.29) is 6.54 Å². The molecule has 0 saturated carbocycles. The third-order valence-electron chi connectivity index (χ3n) is 4.61. The summed E-state index contributed by atoms with van der Waals surface area (Å²) in [4.78, 5) is 12.8.